The van der Waals surface area contributed by atoms with E-state index in [9.17, 15) is 4.79 Å². The Labute approximate surface area is 89.0 Å². The number of nitrogens with zero attached hydrogens (tertiary/aromatic N) is 1. The van der Waals surface area contributed by atoms with Gasteiger partial charge >= 0.3 is 5.97 Å². The summed E-state index contributed by atoms with van der Waals surface area (Å²) in [6, 6.07) is 0. The van der Waals surface area contributed by atoms with E-state index in [0.29, 0.717) is 17.2 Å². The topological polar surface area (TPSA) is 29.5 Å². The highest BCUT2D eigenvalue weighted by Crippen LogP contribution is 2.25. The average molecular weight is 216 g/mol. The summed E-state index contributed by atoms with van der Waals surface area (Å²) in [6.45, 7) is 4.80. The second-order valence-electron chi connectivity index (χ2n) is 3.27. The lowest BCUT2D eigenvalue weighted by Crippen LogP contribution is -2.23. The molecule has 14 heavy (non-hydrogen) atoms. The molecule has 0 atom stereocenters. The normalized spacial score (nSPS) is 16.9. The van der Waals surface area contributed by atoms with Gasteiger partial charge < -0.3 is 9.64 Å². The number of halogens is 1. The molecule has 0 bridgehead atoms. The van der Waals surface area contributed by atoms with Crippen LogP contribution in [0.15, 0.2) is 22.4 Å². The minimum atomic E-state index is -0.358. The number of hydrogen-bond donors (Lipinski definition) is 0. The van der Waals surface area contributed by atoms with E-state index in [0.717, 1.165) is 12.1 Å². The standard InChI is InChI=1S/C10H14ClNO2/c1-4-14-10(13)8-6-12(3)5-7(2)9(8)11/h6H,4-5H2,1-3H3. The zero-order valence-electron chi connectivity index (χ0n) is 8.63. The number of carbonyl (C=O) groups is 1. The molecule has 0 radical (unpaired) electrons. The number of ether oxygens (including phenoxy) is 1. The van der Waals surface area contributed by atoms with Crippen LogP contribution in [0.2, 0.25) is 0 Å². The highest BCUT2D eigenvalue weighted by atomic mass is 35.5. The van der Waals surface area contributed by atoms with Crippen LogP contribution in [-0.2, 0) is 9.53 Å². The number of rotatable bonds is 2. The van der Waals surface area contributed by atoms with Gasteiger partial charge in [-0.25, -0.2) is 4.79 Å². The van der Waals surface area contributed by atoms with Gasteiger partial charge in [0.2, 0.25) is 0 Å². The molecule has 1 heterocycles. The maximum atomic E-state index is 11.5. The van der Waals surface area contributed by atoms with Crippen molar-refractivity contribution in [3.8, 4) is 0 Å². The van der Waals surface area contributed by atoms with Crippen molar-refractivity contribution in [2.24, 2.45) is 0 Å². The number of esters is 1. The van der Waals surface area contributed by atoms with Crippen LogP contribution in [0.5, 0.6) is 0 Å². The molecular weight excluding hydrogens is 202 g/mol. The zero-order valence-corrected chi connectivity index (χ0v) is 9.39. The third-order valence-electron chi connectivity index (χ3n) is 1.94. The third kappa shape index (κ3) is 2.29. The Hall–Kier alpha value is -0.960. The molecule has 0 N–H and O–H groups in total. The smallest absolute Gasteiger partial charge is 0.341 e. The predicted octanol–water partition coefficient (Wildman–Crippen LogP) is 1.89. The van der Waals surface area contributed by atoms with E-state index < -0.39 is 0 Å². The lowest BCUT2D eigenvalue weighted by atomic mass is 10.1. The molecule has 1 rings (SSSR count). The fourth-order valence-corrected chi connectivity index (χ4v) is 1.53. The van der Waals surface area contributed by atoms with Crippen LogP contribution < -0.4 is 0 Å². The van der Waals surface area contributed by atoms with Crippen molar-refractivity contribution >= 4 is 17.6 Å². The summed E-state index contributed by atoms with van der Waals surface area (Å²) in [7, 11) is 1.89. The van der Waals surface area contributed by atoms with Gasteiger partial charge in [0.1, 0.15) is 0 Å². The van der Waals surface area contributed by atoms with Crippen molar-refractivity contribution in [3.05, 3.63) is 22.4 Å². The molecule has 4 heteroatoms. The Morgan fingerprint density at radius 2 is 2.36 bits per heavy atom. The van der Waals surface area contributed by atoms with Crippen LogP contribution in [0.3, 0.4) is 0 Å². The molecule has 0 aromatic heterocycles. The van der Waals surface area contributed by atoms with E-state index in [-0.39, 0.29) is 5.97 Å². The number of carbonyl (C=O) groups excluding carboxylic acids is 1. The first-order chi connectivity index (χ1) is 6.56. The summed E-state index contributed by atoms with van der Waals surface area (Å²) in [5.74, 6) is -0.358. The quantitative estimate of drug-likeness (QED) is 0.659. The summed E-state index contributed by atoms with van der Waals surface area (Å²) in [4.78, 5) is 13.4. The molecule has 3 nitrogen and oxygen atoms in total. The maximum absolute atomic E-state index is 11.5. The first-order valence-electron chi connectivity index (χ1n) is 4.51. The predicted molar refractivity (Wildman–Crippen MR) is 55.9 cm³/mol. The molecule has 0 saturated carbocycles. The average Bonchev–Trinajstić information content (AvgIpc) is 2.11. The molecule has 78 valence electrons. The van der Waals surface area contributed by atoms with E-state index in [4.69, 9.17) is 16.3 Å². The summed E-state index contributed by atoms with van der Waals surface area (Å²) in [6.07, 6.45) is 1.72. The molecule has 0 aliphatic carbocycles. The van der Waals surface area contributed by atoms with Crippen molar-refractivity contribution in [3.63, 3.8) is 0 Å². The Balaban J connectivity index is 2.90. The monoisotopic (exact) mass is 215 g/mol. The summed E-state index contributed by atoms with van der Waals surface area (Å²) >= 11 is 6.01. The van der Waals surface area contributed by atoms with Crippen LogP contribution in [-0.4, -0.2) is 31.1 Å². The second-order valence-corrected chi connectivity index (χ2v) is 3.65. The summed E-state index contributed by atoms with van der Waals surface area (Å²) in [5.41, 5.74) is 1.43. The van der Waals surface area contributed by atoms with Gasteiger partial charge in [0, 0.05) is 19.8 Å². The lowest BCUT2D eigenvalue weighted by molar-refractivity contribution is -0.138. The molecule has 0 unspecified atom stereocenters. The number of hydrogen-bond acceptors (Lipinski definition) is 3. The molecule has 0 saturated heterocycles. The van der Waals surface area contributed by atoms with Gasteiger partial charge in [-0.15, -0.1) is 0 Å². The molecule has 0 aromatic rings. The van der Waals surface area contributed by atoms with Crippen molar-refractivity contribution in [2.75, 3.05) is 20.2 Å². The molecule has 0 amide bonds. The molecule has 1 aliphatic rings. The molecular formula is C10H14ClNO2. The highest BCUT2D eigenvalue weighted by Gasteiger charge is 2.21. The van der Waals surface area contributed by atoms with Crippen molar-refractivity contribution in [1.29, 1.82) is 0 Å². The second kappa shape index (κ2) is 4.51. The van der Waals surface area contributed by atoms with Crippen LogP contribution in [0.1, 0.15) is 13.8 Å². The Bertz CT molecular complexity index is 307. The van der Waals surface area contributed by atoms with E-state index in [1.165, 1.54) is 0 Å². The fourth-order valence-electron chi connectivity index (χ4n) is 1.35. The number of likely N-dealkylation sites (N-methyl/N-ethyl adjacent to an activating group) is 1. The zero-order chi connectivity index (χ0) is 10.7. The summed E-state index contributed by atoms with van der Waals surface area (Å²) in [5, 5.41) is 0.515. The van der Waals surface area contributed by atoms with Crippen LogP contribution in [0.4, 0.5) is 0 Å². The van der Waals surface area contributed by atoms with Gasteiger partial charge in [-0.05, 0) is 19.4 Å². The molecule has 1 aliphatic heterocycles. The van der Waals surface area contributed by atoms with E-state index >= 15 is 0 Å². The lowest BCUT2D eigenvalue weighted by Gasteiger charge is -2.22. The van der Waals surface area contributed by atoms with E-state index in [1.54, 1.807) is 13.1 Å². The van der Waals surface area contributed by atoms with Gasteiger partial charge in [0.05, 0.1) is 17.2 Å². The van der Waals surface area contributed by atoms with Gasteiger partial charge in [0.15, 0.2) is 0 Å². The van der Waals surface area contributed by atoms with Crippen LogP contribution >= 0.6 is 11.6 Å². The minimum Gasteiger partial charge on any atom is -0.462 e. The Morgan fingerprint density at radius 3 is 2.93 bits per heavy atom. The highest BCUT2D eigenvalue weighted by molar-refractivity contribution is 6.35. The van der Waals surface area contributed by atoms with Gasteiger partial charge in [-0.1, -0.05) is 11.6 Å². The molecule has 0 aromatic carbocycles. The minimum absolute atomic E-state index is 0.358. The molecule has 0 spiro atoms. The van der Waals surface area contributed by atoms with Gasteiger partial charge in [-0.2, -0.15) is 0 Å². The Morgan fingerprint density at radius 1 is 1.71 bits per heavy atom. The van der Waals surface area contributed by atoms with Gasteiger partial charge in [-0.3, -0.25) is 0 Å². The van der Waals surface area contributed by atoms with Crippen molar-refractivity contribution in [2.45, 2.75) is 13.8 Å². The third-order valence-corrected chi connectivity index (χ3v) is 2.47. The van der Waals surface area contributed by atoms with Crippen molar-refractivity contribution in [1.82, 2.24) is 4.90 Å². The fraction of sp³-hybridized carbons (Fsp3) is 0.500. The van der Waals surface area contributed by atoms with E-state index in [2.05, 4.69) is 0 Å². The maximum Gasteiger partial charge on any atom is 0.341 e. The summed E-state index contributed by atoms with van der Waals surface area (Å²) < 4.78 is 4.90. The first-order valence-corrected chi connectivity index (χ1v) is 4.88. The van der Waals surface area contributed by atoms with Crippen LogP contribution in [0.25, 0.3) is 0 Å². The van der Waals surface area contributed by atoms with Gasteiger partial charge in [0.25, 0.3) is 0 Å². The van der Waals surface area contributed by atoms with Crippen molar-refractivity contribution < 1.29 is 9.53 Å². The van der Waals surface area contributed by atoms with E-state index in [1.807, 2.05) is 18.9 Å². The first kappa shape index (κ1) is 11.1. The SMILES string of the molecule is CCOC(=O)C1=CN(C)CC(C)=C1Cl. The Kier molecular flexibility index (Phi) is 3.58. The van der Waals surface area contributed by atoms with Crippen LogP contribution in [0, 0.1) is 0 Å². The molecule has 0 fully saturated rings. The largest absolute Gasteiger partial charge is 0.462 e.